The summed E-state index contributed by atoms with van der Waals surface area (Å²) in [5.74, 6) is 2.38. The summed E-state index contributed by atoms with van der Waals surface area (Å²) >= 11 is 0. The first kappa shape index (κ1) is 13.7. The molecule has 20 heavy (non-hydrogen) atoms. The summed E-state index contributed by atoms with van der Waals surface area (Å²) in [6, 6.07) is 5.98. The van der Waals surface area contributed by atoms with E-state index in [4.69, 9.17) is 9.47 Å². The molecular weight excluding hydrogens is 254 g/mol. The molecule has 1 heterocycles. The molecule has 3 rings (SSSR count). The van der Waals surface area contributed by atoms with Gasteiger partial charge in [0.1, 0.15) is 0 Å². The van der Waals surface area contributed by atoms with Gasteiger partial charge < -0.3 is 19.9 Å². The standard InChI is InChI=1S/C16H23NO3/c1-12-4-6-16(18,7-5-12)10-17-9-13-2-3-14-15(8-13)20-11-19-14/h2-3,8,12,17-18H,4-7,9-11H2,1H3. The third-order valence-corrected chi connectivity index (χ3v) is 4.43. The molecule has 0 unspecified atom stereocenters. The van der Waals surface area contributed by atoms with E-state index >= 15 is 0 Å². The summed E-state index contributed by atoms with van der Waals surface area (Å²) in [5, 5.41) is 13.9. The number of benzene rings is 1. The van der Waals surface area contributed by atoms with Crippen LogP contribution in [0.15, 0.2) is 18.2 Å². The van der Waals surface area contributed by atoms with Crippen LogP contribution in [0, 0.1) is 5.92 Å². The number of ether oxygens (including phenoxy) is 2. The van der Waals surface area contributed by atoms with Crippen molar-refractivity contribution in [1.82, 2.24) is 5.32 Å². The number of hydrogen-bond donors (Lipinski definition) is 2. The Labute approximate surface area is 120 Å². The zero-order valence-electron chi connectivity index (χ0n) is 12.0. The third kappa shape index (κ3) is 3.07. The summed E-state index contributed by atoms with van der Waals surface area (Å²) in [4.78, 5) is 0. The lowest BCUT2D eigenvalue weighted by Crippen LogP contribution is -2.43. The summed E-state index contributed by atoms with van der Waals surface area (Å²) in [6.07, 6.45) is 4.06. The van der Waals surface area contributed by atoms with E-state index in [1.165, 1.54) is 0 Å². The van der Waals surface area contributed by atoms with Crippen molar-refractivity contribution in [3.63, 3.8) is 0 Å². The molecule has 0 aromatic heterocycles. The van der Waals surface area contributed by atoms with Crippen LogP contribution in [0.5, 0.6) is 11.5 Å². The van der Waals surface area contributed by atoms with Crippen LogP contribution in [-0.2, 0) is 6.54 Å². The van der Waals surface area contributed by atoms with Crippen LogP contribution in [-0.4, -0.2) is 24.0 Å². The Hall–Kier alpha value is -1.26. The van der Waals surface area contributed by atoms with E-state index in [9.17, 15) is 5.11 Å². The van der Waals surface area contributed by atoms with Crippen molar-refractivity contribution >= 4 is 0 Å². The van der Waals surface area contributed by atoms with Crippen LogP contribution in [0.4, 0.5) is 0 Å². The highest BCUT2D eigenvalue weighted by Gasteiger charge is 2.31. The molecule has 0 amide bonds. The third-order valence-electron chi connectivity index (χ3n) is 4.43. The summed E-state index contributed by atoms with van der Waals surface area (Å²) in [5.41, 5.74) is 0.630. The summed E-state index contributed by atoms with van der Waals surface area (Å²) in [6.45, 7) is 3.98. The molecule has 0 radical (unpaired) electrons. The van der Waals surface area contributed by atoms with Gasteiger partial charge in [0.25, 0.3) is 0 Å². The van der Waals surface area contributed by atoms with E-state index in [0.717, 1.165) is 55.2 Å². The quantitative estimate of drug-likeness (QED) is 0.887. The van der Waals surface area contributed by atoms with Gasteiger partial charge in [-0.15, -0.1) is 0 Å². The first-order valence-corrected chi connectivity index (χ1v) is 7.46. The molecule has 2 aliphatic rings. The van der Waals surface area contributed by atoms with Gasteiger partial charge in [-0.25, -0.2) is 0 Å². The van der Waals surface area contributed by atoms with E-state index in [1.807, 2.05) is 18.2 Å². The molecule has 2 N–H and O–H groups in total. The van der Waals surface area contributed by atoms with Gasteiger partial charge in [-0.3, -0.25) is 0 Å². The highest BCUT2D eigenvalue weighted by molar-refractivity contribution is 5.44. The van der Waals surface area contributed by atoms with Crippen LogP contribution >= 0.6 is 0 Å². The second-order valence-electron chi connectivity index (χ2n) is 6.20. The number of rotatable bonds is 4. The SMILES string of the molecule is CC1CCC(O)(CNCc2ccc3c(c2)OCO3)CC1. The van der Waals surface area contributed by atoms with E-state index in [2.05, 4.69) is 12.2 Å². The van der Waals surface area contributed by atoms with Crippen molar-refractivity contribution in [1.29, 1.82) is 0 Å². The van der Waals surface area contributed by atoms with Gasteiger partial charge in [0.2, 0.25) is 6.79 Å². The number of hydrogen-bond acceptors (Lipinski definition) is 4. The van der Waals surface area contributed by atoms with E-state index < -0.39 is 5.60 Å². The van der Waals surface area contributed by atoms with Crippen LogP contribution in [0.25, 0.3) is 0 Å². The average Bonchev–Trinajstić information content (AvgIpc) is 2.90. The fourth-order valence-electron chi connectivity index (χ4n) is 2.97. The lowest BCUT2D eigenvalue weighted by Gasteiger charge is -2.35. The summed E-state index contributed by atoms with van der Waals surface area (Å²) in [7, 11) is 0. The molecule has 4 nitrogen and oxygen atoms in total. The van der Waals surface area contributed by atoms with Crippen LogP contribution < -0.4 is 14.8 Å². The average molecular weight is 277 g/mol. The zero-order valence-corrected chi connectivity index (χ0v) is 12.0. The molecule has 4 heteroatoms. The second kappa shape index (κ2) is 5.62. The number of aliphatic hydroxyl groups is 1. The fourth-order valence-corrected chi connectivity index (χ4v) is 2.97. The zero-order chi connectivity index (χ0) is 14.0. The Balaban J connectivity index is 1.50. The van der Waals surface area contributed by atoms with Crippen molar-refractivity contribution in [3.05, 3.63) is 23.8 Å². The minimum absolute atomic E-state index is 0.310. The summed E-state index contributed by atoms with van der Waals surface area (Å²) < 4.78 is 10.7. The van der Waals surface area contributed by atoms with Crippen LogP contribution in [0.3, 0.4) is 0 Å². The minimum atomic E-state index is -0.525. The van der Waals surface area contributed by atoms with Gasteiger partial charge in [0.05, 0.1) is 5.60 Å². The Morgan fingerprint density at radius 1 is 1.25 bits per heavy atom. The Morgan fingerprint density at radius 2 is 2.00 bits per heavy atom. The molecule has 0 spiro atoms. The van der Waals surface area contributed by atoms with Gasteiger partial charge >= 0.3 is 0 Å². The predicted octanol–water partition coefficient (Wildman–Crippen LogP) is 2.45. The van der Waals surface area contributed by atoms with Crippen molar-refractivity contribution in [3.8, 4) is 11.5 Å². The molecule has 1 aliphatic carbocycles. The molecule has 0 atom stereocenters. The molecule has 0 saturated heterocycles. The minimum Gasteiger partial charge on any atom is -0.454 e. The van der Waals surface area contributed by atoms with Gasteiger partial charge in [0.15, 0.2) is 11.5 Å². The van der Waals surface area contributed by atoms with Crippen LogP contribution in [0.1, 0.15) is 38.2 Å². The Kier molecular flexibility index (Phi) is 3.85. The van der Waals surface area contributed by atoms with Crippen molar-refractivity contribution in [2.75, 3.05) is 13.3 Å². The largest absolute Gasteiger partial charge is 0.454 e. The molecular formula is C16H23NO3. The lowest BCUT2D eigenvalue weighted by atomic mass is 9.79. The van der Waals surface area contributed by atoms with Crippen molar-refractivity contribution in [2.45, 2.75) is 44.8 Å². The molecule has 1 saturated carbocycles. The molecule has 0 bridgehead atoms. The fraction of sp³-hybridized carbons (Fsp3) is 0.625. The number of nitrogens with one attached hydrogen (secondary N) is 1. The van der Waals surface area contributed by atoms with E-state index in [1.54, 1.807) is 0 Å². The maximum atomic E-state index is 10.5. The maximum absolute atomic E-state index is 10.5. The van der Waals surface area contributed by atoms with Gasteiger partial charge in [-0.1, -0.05) is 13.0 Å². The van der Waals surface area contributed by atoms with Gasteiger partial charge in [-0.2, -0.15) is 0 Å². The van der Waals surface area contributed by atoms with E-state index in [0.29, 0.717) is 13.3 Å². The van der Waals surface area contributed by atoms with Gasteiger partial charge in [0, 0.05) is 13.1 Å². The predicted molar refractivity (Wildman–Crippen MR) is 76.9 cm³/mol. The second-order valence-corrected chi connectivity index (χ2v) is 6.20. The molecule has 1 fully saturated rings. The monoisotopic (exact) mass is 277 g/mol. The highest BCUT2D eigenvalue weighted by Crippen LogP contribution is 2.33. The Bertz CT molecular complexity index is 467. The maximum Gasteiger partial charge on any atom is 0.231 e. The lowest BCUT2D eigenvalue weighted by molar-refractivity contribution is -0.00630. The molecule has 110 valence electrons. The van der Waals surface area contributed by atoms with Crippen LogP contribution in [0.2, 0.25) is 0 Å². The smallest absolute Gasteiger partial charge is 0.231 e. The topological polar surface area (TPSA) is 50.7 Å². The molecule has 1 aromatic rings. The normalized spacial score (nSPS) is 28.6. The first-order valence-electron chi connectivity index (χ1n) is 7.46. The molecule has 1 aliphatic heterocycles. The Morgan fingerprint density at radius 3 is 2.80 bits per heavy atom. The molecule has 1 aromatic carbocycles. The van der Waals surface area contributed by atoms with Crippen molar-refractivity contribution < 1.29 is 14.6 Å². The van der Waals surface area contributed by atoms with Gasteiger partial charge in [-0.05, 0) is 49.3 Å². The van der Waals surface area contributed by atoms with Crippen molar-refractivity contribution in [2.24, 2.45) is 5.92 Å². The number of fused-ring (bicyclic) bond motifs is 1. The van der Waals surface area contributed by atoms with E-state index in [-0.39, 0.29) is 0 Å². The highest BCUT2D eigenvalue weighted by atomic mass is 16.7. The first-order chi connectivity index (χ1) is 9.65.